The molecular formula is C12H12N4O3. The zero-order valence-corrected chi connectivity index (χ0v) is 10.3. The Morgan fingerprint density at radius 2 is 1.95 bits per heavy atom. The molecule has 0 amide bonds. The van der Waals surface area contributed by atoms with Crippen LogP contribution < -0.4 is 0 Å². The summed E-state index contributed by atoms with van der Waals surface area (Å²) < 4.78 is 0. The molecule has 19 heavy (non-hydrogen) atoms. The quantitative estimate of drug-likeness (QED) is 0.806. The zero-order chi connectivity index (χ0) is 13.8. The summed E-state index contributed by atoms with van der Waals surface area (Å²) in [4.78, 5) is 22.8. The van der Waals surface area contributed by atoms with Gasteiger partial charge in [0.05, 0.1) is 13.0 Å². The molecule has 0 saturated heterocycles. The van der Waals surface area contributed by atoms with Crippen molar-refractivity contribution in [1.29, 1.82) is 0 Å². The van der Waals surface area contributed by atoms with Crippen LogP contribution in [0.1, 0.15) is 23.7 Å². The summed E-state index contributed by atoms with van der Waals surface area (Å²) >= 11 is 0. The Bertz CT molecular complexity index is 604. The van der Waals surface area contributed by atoms with E-state index in [1.807, 2.05) is 0 Å². The van der Waals surface area contributed by atoms with Crippen LogP contribution >= 0.6 is 0 Å². The number of carbonyl (C=O) groups is 2. The van der Waals surface area contributed by atoms with Gasteiger partial charge in [0.25, 0.3) is 0 Å². The summed E-state index contributed by atoms with van der Waals surface area (Å²) in [6.45, 7) is 1.67. The average molecular weight is 260 g/mol. The number of carbonyl (C=O) groups excluding carboxylic acids is 1. The molecule has 0 aliphatic heterocycles. The van der Waals surface area contributed by atoms with Gasteiger partial charge in [-0.3, -0.25) is 9.59 Å². The number of ketones is 1. The van der Waals surface area contributed by atoms with Crippen molar-refractivity contribution in [2.75, 3.05) is 0 Å². The number of benzene rings is 1. The molecule has 2 aromatic rings. The fraction of sp³-hybridized carbons (Fsp3) is 0.250. The molecule has 1 heterocycles. The molecule has 0 radical (unpaired) electrons. The molecule has 0 spiro atoms. The highest BCUT2D eigenvalue weighted by molar-refractivity contribution is 5.94. The molecule has 7 nitrogen and oxygen atoms in total. The zero-order valence-electron chi connectivity index (χ0n) is 10.3. The number of hydrogen-bond acceptors (Lipinski definition) is 5. The smallest absolute Gasteiger partial charge is 0.305 e. The number of tetrazole rings is 1. The molecule has 0 unspecified atom stereocenters. The van der Waals surface area contributed by atoms with Gasteiger partial charge < -0.3 is 5.11 Å². The molecule has 0 bridgehead atoms. The first-order valence-electron chi connectivity index (χ1n) is 5.67. The molecule has 7 heteroatoms. The monoisotopic (exact) mass is 260 g/mol. The first-order chi connectivity index (χ1) is 9.06. The van der Waals surface area contributed by atoms with E-state index in [4.69, 9.17) is 5.11 Å². The number of nitrogens with zero attached hydrogens (tertiary/aromatic N) is 4. The van der Waals surface area contributed by atoms with Crippen LogP contribution in [0, 0.1) is 0 Å². The highest BCUT2D eigenvalue weighted by Gasteiger charge is 2.08. The lowest BCUT2D eigenvalue weighted by molar-refractivity contribution is -0.137. The summed E-state index contributed by atoms with van der Waals surface area (Å²) in [7, 11) is 0. The number of hydrogen-bond donors (Lipinski definition) is 1. The van der Waals surface area contributed by atoms with E-state index in [1.165, 1.54) is 11.7 Å². The lowest BCUT2D eigenvalue weighted by Crippen LogP contribution is -2.07. The fourth-order valence-electron chi connectivity index (χ4n) is 1.50. The van der Waals surface area contributed by atoms with Crippen molar-refractivity contribution < 1.29 is 14.7 Å². The minimum atomic E-state index is -0.912. The maximum Gasteiger partial charge on any atom is 0.305 e. The molecular weight excluding hydrogens is 248 g/mol. The van der Waals surface area contributed by atoms with Gasteiger partial charge in [-0.1, -0.05) is 24.3 Å². The maximum atomic E-state index is 11.1. The molecule has 0 fully saturated rings. The Balaban J connectivity index is 2.13. The van der Waals surface area contributed by atoms with E-state index in [0.29, 0.717) is 11.4 Å². The van der Waals surface area contributed by atoms with E-state index in [-0.39, 0.29) is 18.7 Å². The SMILES string of the molecule is CC(=O)c1ccc(-c2nnn(CCC(=O)O)n2)cc1. The predicted octanol–water partition coefficient (Wildman–Crippen LogP) is 1.02. The number of aryl methyl sites for hydroxylation is 1. The third-order valence-electron chi connectivity index (χ3n) is 2.53. The normalized spacial score (nSPS) is 10.4. The van der Waals surface area contributed by atoms with Crippen LogP contribution in [0.5, 0.6) is 0 Å². The second-order valence-electron chi connectivity index (χ2n) is 3.99. The van der Waals surface area contributed by atoms with Crippen LogP contribution in [-0.2, 0) is 11.3 Å². The maximum absolute atomic E-state index is 11.1. The van der Waals surface area contributed by atoms with E-state index >= 15 is 0 Å². The van der Waals surface area contributed by atoms with Crippen molar-refractivity contribution in [1.82, 2.24) is 20.2 Å². The summed E-state index contributed by atoms with van der Waals surface area (Å²) in [6.07, 6.45) is -0.0565. The van der Waals surface area contributed by atoms with Crippen LogP contribution in [0.4, 0.5) is 0 Å². The summed E-state index contributed by atoms with van der Waals surface area (Å²) in [5.74, 6) is -0.519. The molecule has 98 valence electrons. The van der Waals surface area contributed by atoms with Crippen LogP contribution in [0.3, 0.4) is 0 Å². The number of carboxylic acids is 1. The van der Waals surface area contributed by atoms with Gasteiger partial charge in [0, 0.05) is 11.1 Å². The van der Waals surface area contributed by atoms with Gasteiger partial charge in [-0.25, -0.2) is 0 Å². The Hall–Kier alpha value is -2.57. The Morgan fingerprint density at radius 1 is 1.26 bits per heavy atom. The van der Waals surface area contributed by atoms with Gasteiger partial charge in [-0.15, -0.1) is 10.2 Å². The van der Waals surface area contributed by atoms with Crippen molar-refractivity contribution in [2.24, 2.45) is 0 Å². The third-order valence-corrected chi connectivity index (χ3v) is 2.53. The Kier molecular flexibility index (Phi) is 3.65. The average Bonchev–Trinajstić information content (AvgIpc) is 2.85. The number of carboxylic acid groups (broad SMARTS) is 1. The summed E-state index contributed by atoms with van der Waals surface area (Å²) in [5, 5.41) is 20.2. The minimum Gasteiger partial charge on any atom is -0.481 e. The molecule has 2 rings (SSSR count). The number of aromatic nitrogens is 4. The van der Waals surface area contributed by atoms with Crippen LogP contribution in [-0.4, -0.2) is 37.1 Å². The van der Waals surface area contributed by atoms with E-state index in [2.05, 4.69) is 15.4 Å². The van der Waals surface area contributed by atoms with E-state index in [9.17, 15) is 9.59 Å². The highest BCUT2D eigenvalue weighted by atomic mass is 16.4. The topological polar surface area (TPSA) is 98.0 Å². The fourth-order valence-corrected chi connectivity index (χ4v) is 1.50. The lowest BCUT2D eigenvalue weighted by Gasteiger charge is -1.97. The first kappa shape index (κ1) is 12.9. The van der Waals surface area contributed by atoms with Crippen molar-refractivity contribution in [3.63, 3.8) is 0 Å². The standard InChI is InChI=1S/C12H12N4O3/c1-8(17)9-2-4-10(5-3-9)12-13-15-16(14-12)7-6-11(18)19/h2-5H,6-7H2,1H3,(H,18,19). The molecule has 0 aliphatic carbocycles. The van der Waals surface area contributed by atoms with Gasteiger partial charge >= 0.3 is 5.97 Å². The Labute approximate surface area is 108 Å². The summed E-state index contributed by atoms with van der Waals surface area (Å²) in [5.41, 5.74) is 1.34. The van der Waals surface area contributed by atoms with Crippen molar-refractivity contribution >= 4 is 11.8 Å². The number of rotatable bonds is 5. The minimum absolute atomic E-state index is 0.00961. The van der Waals surface area contributed by atoms with Gasteiger partial charge in [-0.2, -0.15) is 4.80 Å². The van der Waals surface area contributed by atoms with Gasteiger partial charge in [0.15, 0.2) is 5.78 Å². The molecule has 0 aliphatic rings. The van der Waals surface area contributed by atoms with Crippen LogP contribution in [0.25, 0.3) is 11.4 Å². The molecule has 0 saturated carbocycles. The van der Waals surface area contributed by atoms with Gasteiger partial charge in [0.2, 0.25) is 5.82 Å². The first-order valence-corrected chi connectivity index (χ1v) is 5.67. The van der Waals surface area contributed by atoms with E-state index < -0.39 is 5.97 Å². The molecule has 0 atom stereocenters. The van der Waals surface area contributed by atoms with Crippen LogP contribution in [0.15, 0.2) is 24.3 Å². The van der Waals surface area contributed by atoms with Gasteiger partial charge in [0.1, 0.15) is 0 Å². The second kappa shape index (κ2) is 5.38. The summed E-state index contributed by atoms with van der Waals surface area (Å²) in [6, 6.07) is 6.84. The number of aliphatic carboxylic acids is 1. The molecule has 1 aromatic heterocycles. The van der Waals surface area contributed by atoms with E-state index in [1.54, 1.807) is 24.3 Å². The van der Waals surface area contributed by atoms with E-state index in [0.717, 1.165) is 5.56 Å². The lowest BCUT2D eigenvalue weighted by atomic mass is 10.1. The predicted molar refractivity (Wildman–Crippen MR) is 65.5 cm³/mol. The Morgan fingerprint density at radius 3 is 2.53 bits per heavy atom. The van der Waals surface area contributed by atoms with Crippen molar-refractivity contribution in [3.05, 3.63) is 29.8 Å². The number of Topliss-reactive ketones (excluding diaryl/α,β-unsaturated/α-hetero) is 1. The molecule has 1 N–H and O–H groups in total. The van der Waals surface area contributed by atoms with Crippen LogP contribution in [0.2, 0.25) is 0 Å². The van der Waals surface area contributed by atoms with Gasteiger partial charge in [-0.05, 0) is 12.1 Å². The van der Waals surface area contributed by atoms with Crippen molar-refractivity contribution in [3.8, 4) is 11.4 Å². The largest absolute Gasteiger partial charge is 0.481 e. The second-order valence-corrected chi connectivity index (χ2v) is 3.99. The van der Waals surface area contributed by atoms with Crippen molar-refractivity contribution in [2.45, 2.75) is 19.9 Å². The third kappa shape index (κ3) is 3.21. The molecule has 1 aromatic carbocycles. The highest BCUT2D eigenvalue weighted by Crippen LogP contribution is 2.14.